The molecule has 0 bridgehead atoms. The molecule has 0 aliphatic carbocycles. The van der Waals surface area contributed by atoms with Crippen LogP contribution in [0.25, 0.3) is 0 Å². The maximum absolute atomic E-state index is 7.91. The second-order valence-electron chi connectivity index (χ2n) is 3.17. The van der Waals surface area contributed by atoms with Crippen LogP contribution in [0.2, 0.25) is 6.32 Å². The highest BCUT2D eigenvalue weighted by molar-refractivity contribution is 8.14. The first-order valence-electron chi connectivity index (χ1n) is 5.09. The van der Waals surface area contributed by atoms with E-state index in [1.54, 1.807) is 11.8 Å². The van der Waals surface area contributed by atoms with Gasteiger partial charge in [-0.05, 0) is 17.7 Å². The van der Waals surface area contributed by atoms with E-state index in [4.69, 9.17) is 5.41 Å². The Balaban J connectivity index is 2.88. The van der Waals surface area contributed by atoms with Gasteiger partial charge in [0.2, 0.25) is 0 Å². The summed E-state index contributed by atoms with van der Waals surface area (Å²) < 4.78 is 0. The fourth-order valence-corrected chi connectivity index (χ4v) is 2.09. The summed E-state index contributed by atoms with van der Waals surface area (Å²) in [4.78, 5) is 0. The van der Waals surface area contributed by atoms with Crippen molar-refractivity contribution >= 4 is 24.7 Å². The molecule has 14 heavy (non-hydrogen) atoms. The van der Waals surface area contributed by atoms with Crippen LogP contribution in [0.1, 0.15) is 18.1 Å². The number of hydrogen-bond acceptors (Lipinski definition) is 2. The third-order valence-electron chi connectivity index (χ3n) is 2.07. The van der Waals surface area contributed by atoms with Gasteiger partial charge in [0.25, 0.3) is 0 Å². The van der Waals surface area contributed by atoms with Crippen LogP contribution in [0.15, 0.2) is 24.3 Å². The highest BCUT2D eigenvalue weighted by Crippen LogP contribution is 2.17. The van der Waals surface area contributed by atoms with Crippen molar-refractivity contribution in [2.24, 2.45) is 0 Å². The molecular formula is C11H16BNS. The third kappa shape index (κ3) is 2.91. The Morgan fingerprint density at radius 1 is 1.43 bits per heavy atom. The van der Waals surface area contributed by atoms with Gasteiger partial charge in [0.05, 0.1) is 5.04 Å². The van der Waals surface area contributed by atoms with Crippen LogP contribution in [-0.4, -0.2) is 18.6 Å². The van der Waals surface area contributed by atoms with Gasteiger partial charge in [-0.15, -0.1) is 11.8 Å². The molecule has 0 aliphatic rings. The van der Waals surface area contributed by atoms with Crippen LogP contribution >= 0.6 is 11.8 Å². The Kier molecular flexibility index (Phi) is 4.81. The number of benzene rings is 1. The standard InChI is InChI=1S/C11H16BNS/c1-2-14-11(13)10-6-4-3-5-9(10)7-8-12/h3-6,13H,2,7-8,12H2,1H3. The van der Waals surface area contributed by atoms with E-state index in [1.807, 2.05) is 6.07 Å². The van der Waals surface area contributed by atoms with Gasteiger partial charge in [0, 0.05) is 5.56 Å². The molecule has 0 saturated carbocycles. The molecule has 0 heterocycles. The molecule has 0 saturated heterocycles. The van der Waals surface area contributed by atoms with Crippen molar-refractivity contribution < 1.29 is 0 Å². The van der Waals surface area contributed by atoms with Crippen LogP contribution in [0.5, 0.6) is 0 Å². The molecule has 0 unspecified atom stereocenters. The zero-order valence-electron chi connectivity index (χ0n) is 8.84. The molecule has 0 fully saturated rings. The fraction of sp³-hybridized carbons (Fsp3) is 0.364. The van der Waals surface area contributed by atoms with E-state index in [2.05, 4.69) is 33.0 Å². The molecular weight excluding hydrogens is 189 g/mol. The lowest BCUT2D eigenvalue weighted by molar-refractivity contribution is 1.13. The van der Waals surface area contributed by atoms with Crippen LogP contribution in [0.4, 0.5) is 0 Å². The third-order valence-corrected chi connectivity index (χ3v) is 2.87. The topological polar surface area (TPSA) is 23.9 Å². The first-order chi connectivity index (χ1) is 6.79. The zero-order chi connectivity index (χ0) is 10.4. The predicted octanol–water partition coefficient (Wildman–Crippen LogP) is 2.36. The number of thioether (sulfide) groups is 1. The zero-order valence-corrected chi connectivity index (χ0v) is 9.66. The lowest BCUT2D eigenvalue weighted by atomic mass is 9.95. The van der Waals surface area contributed by atoms with Gasteiger partial charge >= 0.3 is 0 Å². The highest BCUT2D eigenvalue weighted by atomic mass is 32.2. The molecule has 0 aliphatic heterocycles. The number of nitrogens with one attached hydrogen (secondary N) is 1. The summed E-state index contributed by atoms with van der Waals surface area (Å²) in [6.07, 6.45) is 2.21. The Morgan fingerprint density at radius 3 is 2.79 bits per heavy atom. The predicted molar refractivity (Wildman–Crippen MR) is 68.5 cm³/mol. The summed E-state index contributed by atoms with van der Waals surface area (Å²) in [5.41, 5.74) is 2.42. The summed E-state index contributed by atoms with van der Waals surface area (Å²) >= 11 is 1.61. The molecule has 1 aromatic rings. The molecule has 0 aromatic heterocycles. The summed E-state index contributed by atoms with van der Waals surface area (Å²) in [6, 6.07) is 8.25. The molecule has 0 radical (unpaired) electrons. The van der Waals surface area contributed by atoms with Crippen LogP contribution in [0.3, 0.4) is 0 Å². The minimum Gasteiger partial charge on any atom is -0.293 e. The van der Waals surface area contributed by atoms with Crippen molar-refractivity contribution in [2.75, 3.05) is 5.75 Å². The van der Waals surface area contributed by atoms with Crippen molar-refractivity contribution in [3.05, 3.63) is 35.4 Å². The average Bonchev–Trinajstić information content (AvgIpc) is 2.19. The van der Waals surface area contributed by atoms with Gasteiger partial charge in [0.15, 0.2) is 0 Å². The van der Waals surface area contributed by atoms with E-state index in [0.29, 0.717) is 5.04 Å². The Hall–Kier alpha value is -0.695. The Morgan fingerprint density at radius 2 is 2.14 bits per heavy atom. The van der Waals surface area contributed by atoms with Crippen LogP contribution in [-0.2, 0) is 6.42 Å². The van der Waals surface area contributed by atoms with Crippen molar-refractivity contribution in [3.63, 3.8) is 0 Å². The SMILES string of the molecule is BCCc1ccccc1C(=N)SCC. The number of aryl methyl sites for hydroxylation is 1. The normalized spacial score (nSPS) is 10.1. The summed E-state index contributed by atoms with van der Waals surface area (Å²) in [7, 11) is 2.17. The first kappa shape index (κ1) is 11.4. The molecule has 1 nitrogen and oxygen atoms in total. The van der Waals surface area contributed by atoms with Gasteiger partial charge in [-0.25, -0.2) is 0 Å². The Bertz CT molecular complexity index is 312. The monoisotopic (exact) mass is 205 g/mol. The summed E-state index contributed by atoms with van der Waals surface area (Å²) in [5.74, 6) is 0.972. The van der Waals surface area contributed by atoms with E-state index >= 15 is 0 Å². The fourth-order valence-electron chi connectivity index (χ4n) is 1.45. The minimum atomic E-state index is 0.705. The van der Waals surface area contributed by atoms with Crippen molar-refractivity contribution in [1.29, 1.82) is 5.41 Å². The molecule has 1 aromatic carbocycles. The molecule has 1 N–H and O–H groups in total. The number of hydrogen-bond donors (Lipinski definition) is 1. The molecule has 0 amide bonds. The van der Waals surface area contributed by atoms with Gasteiger partial charge in [-0.3, -0.25) is 5.41 Å². The minimum absolute atomic E-state index is 0.705. The summed E-state index contributed by atoms with van der Waals surface area (Å²) in [6.45, 7) is 2.08. The molecule has 0 spiro atoms. The quantitative estimate of drug-likeness (QED) is 0.455. The van der Waals surface area contributed by atoms with Crippen molar-refractivity contribution in [2.45, 2.75) is 19.7 Å². The molecule has 1 rings (SSSR count). The van der Waals surface area contributed by atoms with Crippen molar-refractivity contribution in [3.8, 4) is 0 Å². The van der Waals surface area contributed by atoms with Crippen molar-refractivity contribution in [1.82, 2.24) is 0 Å². The second-order valence-corrected chi connectivity index (χ2v) is 4.44. The van der Waals surface area contributed by atoms with Crippen LogP contribution in [0, 0.1) is 5.41 Å². The molecule has 0 atom stereocenters. The average molecular weight is 205 g/mol. The van der Waals surface area contributed by atoms with Gasteiger partial charge < -0.3 is 0 Å². The number of rotatable bonds is 4. The smallest absolute Gasteiger partial charge is 0.101 e. The molecule has 74 valence electrons. The van der Waals surface area contributed by atoms with E-state index < -0.39 is 0 Å². The first-order valence-corrected chi connectivity index (χ1v) is 6.07. The molecule has 3 heteroatoms. The van der Waals surface area contributed by atoms with Crippen LogP contribution < -0.4 is 0 Å². The lowest BCUT2D eigenvalue weighted by Gasteiger charge is -2.08. The van der Waals surface area contributed by atoms with E-state index in [9.17, 15) is 0 Å². The maximum Gasteiger partial charge on any atom is 0.101 e. The van der Waals surface area contributed by atoms with Gasteiger partial charge in [0.1, 0.15) is 7.85 Å². The van der Waals surface area contributed by atoms with Gasteiger partial charge in [-0.2, -0.15) is 0 Å². The van der Waals surface area contributed by atoms with E-state index in [-0.39, 0.29) is 0 Å². The summed E-state index contributed by atoms with van der Waals surface area (Å²) in [5, 5.41) is 8.62. The second kappa shape index (κ2) is 5.92. The largest absolute Gasteiger partial charge is 0.293 e. The van der Waals surface area contributed by atoms with E-state index in [1.165, 1.54) is 5.56 Å². The Labute approximate surface area is 91.2 Å². The van der Waals surface area contributed by atoms with E-state index in [0.717, 1.165) is 24.1 Å². The lowest BCUT2D eigenvalue weighted by Crippen LogP contribution is -2.00. The maximum atomic E-state index is 7.91. The highest BCUT2D eigenvalue weighted by Gasteiger charge is 2.05. The van der Waals surface area contributed by atoms with Gasteiger partial charge in [-0.1, -0.05) is 37.5 Å².